The van der Waals surface area contributed by atoms with E-state index in [0.717, 1.165) is 22.3 Å². The summed E-state index contributed by atoms with van der Waals surface area (Å²) in [5, 5.41) is 29.8. The van der Waals surface area contributed by atoms with Gasteiger partial charge in [0.2, 0.25) is 0 Å². The molecule has 0 bridgehead atoms. The Balaban J connectivity index is 0.000000341. The van der Waals surface area contributed by atoms with Crippen LogP contribution in [0.5, 0.6) is 0 Å². The second kappa shape index (κ2) is 13.8. The molecule has 36 heavy (non-hydrogen) atoms. The first-order valence-electron chi connectivity index (χ1n) is 10.6. The Kier molecular flexibility index (Phi) is 11.9. The van der Waals surface area contributed by atoms with Gasteiger partial charge in [0.25, 0.3) is 0 Å². The van der Waals surface area contributed by atoms with E-state index in [4.69, 9.17) is 0 Å². The monoisotopic (exact) mass is 474 g/mol. The molecule has 0 amide bonds. The third kappa shape index (κ3) is 7.94. The zero-order valence-corrected chi connectivity index (χ0v) is 21.2. The van der Waals surface area contributed by atoms with E-state index in [1.54, 1.807) is 24.5 Å². The molecule has 0 radical (unpaired) electrons. The molecule has 4 rings (SSSR count). The van der Waals surface area contributed by atoms with Crippen LogP contribution in [0.3, 0.4) is 0 Å². The normalized spacial score (nSPS) is 10.2. The molecular weight excluding hydrogens is 450 g/mol. The van der Waals surface area contributed by atoms with Gasteiger partial charge in [-0.2, -0.15) is 10.2 Å². The molecule has 0 unspecified atom stereocenters. The predicted molar refractivity (Wildman–Crippen MR) is 120 cm³/mol. The molecule has 176 valence electrons. The van der Waals surface area contributed by atoms with E-state index in [2.05, 4.69) is 20.2 Å². The zero-order chi connectivity index (χ0) is 24.8. The smallest absolute Gasteiger partial charge is 0.543 e. The molecule has 0 spiro atoms. The molecule has 0 atom stereocenters. The molecule has 10 nitrogen and oxygen atoms in total. The number of carbonyl (C=O) groups is 2. The maximum Gasteiger partial charge on any atom is 1.00 e. The molecular formula is C24H24Li2N6O4. The number of pyridine rings is 2. The topological polar surface area (TPSA) is 142 Å². The van der Waals surface area contributed by atoms with E-state index >= 15 is 0 Å². The van der Waals surface area contributed by atoms with Crippen LogP contribution in [0.4, 0.5) is 0 Å². The minimum absolute atomic E-state index is 0. The van der Waals surface area contributed by atoms with Crippen LogP contribution in [-0.4, -0.2) is 41.5 Å². The van der Waals surface area contributed by atoms with E-state index in [1.807, 2.05) is 49.5 Å². The van der Waals surface area contributed by atoms with Crippen LogP contribution < -0.4 is 47.9 Å². The van der Waals surface area contributed by atoms with E-state index in [9.17, 15) is 19.8 Å². The van der Waals surface area contributed by atoms with Crippen molar-refractivity contribution in [2.75, 3.05) is 0 Å². The largest absolute Gasteiger partial charge is 1.00 e. The Morgan fingerprint density at radius 2 is 1.06 bits per heavy atom. The Morgan fingerprint density at radius 3 is 1.33 bits per heavy atom. The fourth-order valence-corrected chi connectivity index (χ4v) is 2.98. The van der Waals surface area contributed by atoms with Crippen LogP contribution in [0.25, 0.3) is 22.3 Å². The molecule has 0 N–H and O–H groups in total. The summed E-state index contributed by atoms with van der Waals surface area (Å²) in [6.07, 6.45) is 10.1. The van der Waals surface area contributed by atoms with E-state index < -0.39 is 11.9 Å². The minimum Gasteiger partial charge on any atom is -0.543 e. The van der Waals surface area contributed by atoms with Gasteiger partial charge in [-0.15, -0.1) is 0 Å². The third-order valence-electron chi connectivity index (χ3n) is 4.87. The summed E-state index contributed by atoms with van der Waals surface area (Å²) < 4.78 is 3.63. The summed E-state index contributed by atoms with van der Waals surface area (Å²) in [6.45, 7) is 8.09. The SMILES string of the molecule is CC(C)n1cc(-c2ccnc(C(=O)[O-])c2)cn1.CC(C)n1cc(-c2ccnc(C(=O)[O-])c2)cn1.[Li+].[Li+]. The zero-order valence-electron chi connectivity index (χ0n) is 21.2. The first-order chi connectivity index (χ1) is 16.2. The maximum atomic E-state index is 10.7. The van der Waals surface area contributed by atoms with E-state index in [0.29, 0.717) is 0 Å². The predicted octanol–water partition coefficient (Wildman–Crippen LogP) is -4.21. The number of nitrogens with zero attached hydrogens (tertiary/aromatic N) is 6. The second-order valence-electron chi connectivity index (χ2n) is 8.04. The number of carbonyl (C=O) groups excluding carboxylic acids is 2. The summed E-state index contributed by atoms with van der Waals surface area (Å²) in [7, 11) is 0. The number of rotatable bonds is 6. The molecule has 0 saturated carbocycles. The average Bonchev–Trinajstić information content (AvgIpc) is 3.50. The number of hydrogen-bond donors (Lipinski definition) is 0. The molecule has 4 heterocycles. The number of carboxylic acids is 2. The van der Waals surface area contributed by atoms with Crippen LogP contribution >= 0.6 is 0 Å². The average molecular weight is 474 g/mol. The summed E-state index contributed by atoms with van der Waals surface area (Å²) in [4.78, 5) is 28.8. The van der Waals surface area contributed by atoms with Gasteiger partial charge < -0.3 is 19.8 Å². The van der Waals surface area contributed by atoms with Gasteiger partial charge in [-0.3, -0.25) is 19.3 Å². The van der Waals surface area contributed by atoms with Crippen molar-refractivity contribution in [3.05, 3.63) is 72.8 Å². The Hall–Kier alpha value is -3.15. The van der Waals surface area contributed by atoms with Crippen molar-refractivity contribution in [2.24, 2.45) is 0 Å². The van der Waals surface area contributed by atoms with Gasteiger partial charge in [0.05, 0.1) is 35.7 Å². The van der Waals surface area contributed by atoms with E-state index in [-0.39, 0.29) is 61.2 Å². The molecule has 0 aliphatic heterocycles. The number of hydrogen-bond acceptors (Lipinski definition) is 8. The summed E-state index contributed by atoms with van der Waals surface area (Å²) in [5.41, 5.74) is 3.13. The van der Waals surface area contributed by atoms with Crippen molar-refractivity contribution in [3.8, 4) is 22.3 Å². The first kappa shape index (κ1) is 30.9. The first-order valence-corrected chi connectivity index (χ1v) is 10.6. The molecule has 4 aromatic rings. The van der Waals surface area contributed by atoms with Crippen molar-refractivity contribution in [1.29, 1.82) is 0 Å². The summed E-state index contributed by atoms with van der Waals surface area (Å²) in [6, 6.07) is 6.99. The van der Waals surface area contributed by atoms with Crippen LogP contribution in [-0.2, 0) is 0 Å². The summed E-state index contributed by atoms with van der Waals surface area (Å²) >= 11 is 0. The van der Waals surface area contributed by atoms with Crippen molar-refractivity contribution in [1.82, 2.24) is 29.5 Å². The minimum atomic E-state index is -1.27. The number of carboxylic acid groups (broad SMARTS) is 2. The van der Waals surface area contributed by atoms with Crippen molar-refractivity contribution < 1.29 is 57.5 Å². The second-order valence-corrected chi connectivity index (χ2v) is 8.04. The molecule has 4 aromatic heterocycles. The van der Waals surface area contributed by atoms with Crippen LogP contribution in [0, 0.1) is 0 Å². The Bertz CT molecular complexity index is 1200. The summed E-state index contributed by atoms with van der Waals surface area (Å²) in [5.74, 6) is -2.55. The van der Waals surface area contributed by atoms with Gasteiger partial charge in [-0.05, 0) is 63.1 Å². The van der Waals surface area contributed by atoms with Gasteiger partial charge in [0, 0.05) is 48.0 Å². The molecule has 0 fully saturated rings. The fraction of sp³-hybridized carbons (Fsp3) is 0.250. The maximum absolute atomic E-state index is 10.7. The van der Waals surface area contributed by atoms with Gasteiger partial charge in [-0.1, -0.05) is 0 Å². The molecule has 0 aliphatic rings. The molecule has 0 saturated heterocycles. The number of aromatic nitrogens is 6. The fourth-order valence-electron chi connectivity index (χ4n) is 2.98. The Labute approximate surface area is 233 Å². The van der Waals surface area contributed by atoms with Gasteiger partial charge in [-0.25, -0.2) is 0 Å². The third-order valence-corrected chi connectivity index (χ3v) is 4.87. The number of aromatic carboxylic acids is 2. The van der Waals surface area contributed by atoms with Crippen LogP contribution in [0.1, 0.15) is 60.8 Å². The Morgan fingerprint density at radius 1 is 0.694 bits per heavy atom. The van der Waals surface area contributed by atoms with Crippen molar-refractivity contribution in [3.63, 3.8) is 0 Å². The van der Waals surface area contributed by atoms with Crippen LogP contribution in [0.15, 0.2) is 61.4 Å². The standard InChI is InChI=1S/2C12H13N3O2.2Li/c2*1-8(2)15-7-10(6-14-15)9-3-4-13-11(5-9)12(16)17;;/h2*3-8H,1-2H3,(H,16,17);;/q;;2*+1/p-2. The molecule has 0 aromatic carbocycles. The van der Waals surface area contributed by atoms with Gasteiger partial charge in [0.1, 0.15) is 0 Å². The van der Waals surface area contributed by atoms with E-state index in [1.165, 1.54) is 24.5 Å². The molecule has 12 heteroatoms. The van der Waals surface area contributed by atoms with Gasteiger partial charge in [0.15, 0.2) is 0 Å². The van der Waals surface area contributed by atoms with Crippen molar-refractivity contribution >= 4 is 11.9 Å². The van der Waals surface area contributed by atoms with Gasteiger partial charge >= 0.3 is 37.7 Å². The van der Waals surface area contributed by atoms with Crippen molar-refractivity contribution in [2.45, 2.75) is 39.8 Å². The van der Waals surface area contributed by atoms with Crippen LogP contribution in [0.2, 0.25) is 0 Å². The quantitative estimate of drug-likeness (QED) is 0.256. The molecule has 0 aliphatic carbocycles.